The Balaban J connectivity index is 1.77. The first kappa shape index (κ1) is 24.3. The predicted octanol–water partition coefficient (Wildman–Crippen LogP) is 6.38. The van der Waals surface area contributed by atoms with Crippen molar-refractivity contribution in [1.82, 2.24) is 0 Å². The lowest BCUT2D eigenvalue weighted by atomic mass is 10.1. The molecule has 1 aromatic heterocycles. The van der Waals surface area contributed by atoms with E-state index >= 15 is 0 Å². The summed E-state index contributed by atoms with van der Waals surface area (Å²) in [6.45, 7) is -0.0885. The molecule has 0 fully saturated rings. The van der Waals surface area contributed by atoms with Gasteiger partial charge in [-0.25, -0.2) is 9.59 Å². The fourth-order valence-corrected chi connectivity index (χ4v) is 5.42. The van der Waals surface area contributed by atoms with Crippen molar-refractivity contribution in [3.05, 3.63) is 93.8 Å². The standard InChI is InChI=1S/C26H20BrNO6S/c27-22-23(34-15-21(30)31)25(26(32)33)35-24(22)17-7-4-8-19(13-17)28(14-16-5-2-1-3-6-16)18-9-11-20(29)12-10-18/h1-13,29H,14-15H2,(H,30,31)(H,32,33). The molecule has 0 amide bonds. The summed E-state index contributed by atoms with van der Waals surface area (Å²) < 4.78 is 5.67. The molecule has 0 spiro atoms. The summed E-state index contributed by atoms with van der Waals surface area (Å²) in [6, 6.07) is 24.4. The monoisotopic (exact) mass is 553 g/mol. The van der Waals surface area contributed by atoms with Crippen molar-refractivity contribution in [1.29, 1.82) is 0 Å². The van der Waals surface area contributed by atoms with Crippen LogP contribution in [0.2, 0.25) is 0 Å². The van der Waals surface area contributed by atoms with Crippen LogP contribution < -0.4 is 9.64 Å². The Labute approximate surface area is 213 Å². The fourth-order valence-electron chi connectivity index (χ4n) is 3.53. The maximum Gasteiger partial charge on any atom is 0.349 e. The van der Waals surface area contributed by atoms with E-state index in [0.29, 0.717) is 15.9 Å². The number of hydrogen-bond donors (Lipinski definition) is 3. The molecule has 4 rings (SSSR count). The lowest BCUT2D eigenvalue weighted by Gasteiger charge is -2.26. The Kier molecular flexibility index (Phi) is 7.38. The van der Waals surface area contributed by atoms with Crippen molar-refractivity contribution < 1.29 is 29.6 Å². The van der Waals surface area contributed by atoms with E-state index in [4.69, 9.17) is 9.84 Å². The van der Waals surface area contributed by atoms with Crippen molar-refractivity contribution in [2.75, 3.05) is 11.5 Å². The maximum absolute atomic E-state index is 11.8. The Hall–Kier alpha value is -3.82. The molecule has 9 heteroatoms. The first-order valence-electron chi connectivity index (χ1n) is 10.4. The molecule has 0 bridgehead atoms. The zero-order chi connectivity index (χ0) is 24.9. The number of phenolic OH excluding ortho intramolecular Hbond substituents is 1. The number of thiophene rings is 1. The van der Waals surface area contributed by atoms with E-state index in [1.165, 1.54) is 0 Å². The van der Waals surface area contributed by atoms with Crippen LogP contribution in [0.3, 0.4) is 0 Å². The molecule has 4 aromatic rings. The van der Waals surface area contributed by atoms with Gasteiger partial charge in [0, 0.05) is 17.9 Å². The van der Waals surface area contributed by atoms with Gasteiger partial charge >= 0.3 is 11.9 Å². The number of aliphatic carboxylic acids is 1. The van der Waals surface area contributed by atoms with Crippen LogP contribution in [0.5, 0.6) is 11.5 Å². The van der Waals surface area contributed by atoms with Gasteiger partial charge in [0.15, 0.2) is 17.2 Å². The van der Waals surface area contributed by atoms with E-state index in [1.54, 1.807) is 12.1 Å². The third kappa shape index (κ3) is 5.64. The van der Waals surface area contributed by atoms with Crippen molar-refractivity contribution in [3.8, 4) is 21.9 Å². The number of rotatable bonds is 9. The Bertz CT molecular complexity index is 1350. The first-order valence-corrected chi connectivity index (χ1v) is 12.1. The van der Waals surface area contributed by atoms with E-state index in [-0.39, 0.29) is 16.4 Å². The Morgan fingerprint density at radius 3 is 2.29 bits per heavy atom. The van der Waals surface area contributed by atoms with Gasteiger partial charge in [0.25, 0.3) is 0 Å². The number of hydrogen-bond acceptors (Lipinski definition) is 6. The number of nitrogens with zero attached hydrogens (tertiary/aromatic N) is 1. The largest absolute Gasteiger partial charge is 0.508 e. The minimum absolute atomic E-state index is 0.00928. The predicted molar refractivity (Wildman–Crippen MR) is 138 cm³/mol. The Morgan fingerprint density at radius 1 is 0.914 bits per heavy atom. The maximum atomic E-state index is 11.8. The van der Waals surface area contributed by atoms with Crippen molar-refractivity contribution >= 4 is 50.6 Å². The third-order valence-electron chi connectivity index (χ3n) is 5.11. The summed E-state index contributed by atoms with van der Waals surface area (Å²) in [4.78, 5) is 25.4. The van der Waals surface area contributed by atoms with Crippen molar-refractivity contribution in [3.63, 3.8) is 0 Å². The minimum atomic E-state index is -1.20. The summed E-state index contributed by atoms with van der Waals surface area (Å²) in [5.41, 5.74) is 3.54. The molecule has 0 saturated heterocycles. The highest BCUT2D eigenvalue weighted by atomic mass is 79.9. The van der Waals surface area contributed by atoms with E-state index in [2.05, 4.69) is 20.8 Å². The molecule has 0 atom stereocenters. The molecule has 0 radical (unpaired) electrons. The topological polar surface area (TPSA) is 107 Å². The van der Waals surface area contributed by atoms with Crippen LogP contribution in [0, 0.1) is 0 Å². The molecule has 0 aliphatic heterocycles. The van der Waals surface area contributed by atoms with E-state index < -0.39 is 18.5 Å². The molecule has 7 nitrogen and oxygen atoms in total. The summed E-state index contributed by atoms with van der Waals surface area (Å²) in [7, 11) is 0. The number of anilines is 2. The average molecular weight is 554 g/mol. The molecule has 0 aliphatic rings. The number of aromatic hydroxyl groups is 1. The molecule has 178 valence electrons. The normalized spacial score (nSPS) is 10.7. The highest BCUT2D eigenvalue weighted by Crippen LogP contribution is 2.46. The molecular formula is C26H20BrNO6S. The van der Waals surface area contributed by atoms with Crippen molar-refractivity contribution in [2.45, 2.75) is 6.54 Å². The van der Waals surface area contributed by atoms with Crippen LogP contribution in [0.25, 0.3) is 10.4 Å². The number of ether oxygens (including phenoxy) is 1. The van der Waals surface area contributed by atoms with Crippen LogP contribution in [0.1, 0.15) is 15.2 Å². The van der Waals surface area contributed by atoms with Gasteiger partial charge in [-0.2, -0.15) is 0 Å². The summed E-state index contributed by atoms with van der Waals surface area (Å²) in [5, 5.41) is 28.3. The molecule has 35 heavy (non-hydrogen) atoms. The molecule has 3 N–H and O–H groups in total. The molecular weight excluding hydrogens is 534 g/mol. The average Bonchev–Trinajstić information content (AvgIpc) is 3.19. The van der Waals surface area contributed by atoms with Gasteiger partial charge in [-0.3, -0.25) is 0 Å². The van der Waals surface area contributed by atoms with Crippen LogP contribution in [0.4, 0.5) is 11.4 Å². The first-order chi connectivity index (χ1) is 16.8. The Morgan fingerprint density at radius 2 is 1.63 bits per heavy atom. The summed E-state index contributed by atoms with van der Waals surface area (Å²) in [5.74, 6) is -2.24. The molecule has 3 aromatic carbocycles. The van der Waals surface area contributed by atoms with Gasteiger partial charge in [-0.1, -0.05) is 42.5 Å². The minimum Gasteiger partial charge on any atom is -0.508 e. The lowest BCUT2D eigenvalue weighted by Crippen LogP contribution is -2.16. The van der Waals surface area contributed by atoms with Gasteiger partial charge < -0.3 is 25.0 Å². The van der Waals surface area contributed by atoms with Gasteiger partial charge in [0.2, 0.25) is 0 Å². The second kappa shape index (κ2) is 10.6. The number of carboxylic acids is 2. The molecule has 0 unspecified atom stereocenters. The smallest absolute Gasteiger partial charge is 0.349 e. The zero-order valence-electron chi connectivity index (χ0n) is 18.2. The highest BCUT2D eigenvalue weighted by molar-refractivity contribution is 9.10. The van der Waals surface area contributed by atoms with E-state index in [9.17, 15) is 19.8 Å². The van der Waals surface area contributed by atoms with Gasteiger partial charge in [0.1, 0.15) is 5.75 Å². The second-order valence-electron chi connectivity index (χ2n) is 7.53. The number of carbonyl (C=O) groups is 2. The van der Waals surface area contributed by atoms with Gasteiger partial charge in [0.05, 0.1) is 9.35 Å². The fraction of sp³-hybridized carbons (Fsp3) is 0.0769. The quantitative estimate of drug-likeness (QED) is 0.220. The van der Waals surface area contributed by atoms with Gasteiger partial charge in [-0.05, 0) is 63.5 Å². The highest BCUT2D eigenvalue weighted by Gasteiger charge is 2.25. The SMILES string of the molecule is O=C(O)COc1c(C(=O)O)sc(-c2cccc(N(Cc3ccccc3)c3ccc(O)cc3)c2)c1Br. The van der Waals surface area contributed by atoms with Crippen LogP contribution >= 0.6 is 27.3 Å². The summed E-state index contributed by atoms with van der Waals surface area (Å²) >= 11 is 4.42. The van der Waals surface area contributed by atoms with E-state index in [1.807, 2.05) is 66.7 Å². The van der Waals surface area contributed by atoms with Crippen molar-refractivity contribution in [2.24, 2.45) is 0 Å². The van der Waals surface area contributed by atoms with Gasteiger partial charge in [-0.15, -0.1) is 11.3 Å². The third-order valence-corrected chi connectivity index (χ3v) is 7.34. The number of aromatic carboxylic acids is 1. The van der Waals surface area contributed by atoms with Crippen LogP contribution in [-0.2, 0) is 11.3 Å². The number of carboxylic acid groups (broad SMARTS) is 2. The second-order valence-corrected chi connectivity index (χ2v) is 9.34. The molecule has 0 aliphatic carbocycles. The molecule has 1 heterocycles. The zero-order valence-corrected chi connectivity index (χ0v) is 20.6. The lowest BCUT2D eigenvalue weighted by molar-refractivity contribution is -0.139. The summed E-state index contributed by atoms with van der Waals surface area (Å²) in [6.07, 6.45) is 0. The van der Waals surface area contributed by atoms with Crippen LogP contribution in [-0.4, -0.2) is 33.9 Å². The van der Waals surface area contributed by atoms with Crippen LogP contribution in [0.15, 0.2) is 83.3 Å². The number of phenols is 1. The number of halogens is 1. The molecule has 0 saturated carbocycles. The van der Waals surface area contributed by atoms with E-state index in [0.717, 1.165) is 33.8 Å². The number of benzene rings is 3.